The number of benzene rings is 1. The van der Waals surface area contributed by atoms with Crippen LogP contribution in [0.5, 0.6) is 0 Å². The number of ether oxygens (including phenoxy) is 1. The number of amides is 1. The molecule has 0 aliphatic carbocycles. The summed E-state index contributed by atoms with van der Waals surface area (Å²) in [6.07, 6.45) is 6.61. The Morgan fingerprint density at radius 3 is 2.47 bits per heavy atom. The third kappa shape index (κ3) is 7.24. The first-order valence-corrected chi connectivity index (χ1v) is 15.9. The third-order valence-corrected chi connectivity index (χ3v) is 9.61. The summed E-state index contributed by atoms with van der Waals surface area (Å²) in [6.45, 7) is 4.81. The molecule has 2 aliphatic rings. The normalized spacial score (nSPS) is 21.6. The van der Waals surface area contributed by atoms with Gasteiger partial charge in [-0.05, 0) is 63.3 Å². The maximum atomic E-state index is 13.4. The number of piperidine rings is 2. The van der Waals surface area contributed by atoms with E-state index in [1.54, 1.807) is 13.2 Å². The molecule has 2 aromatic rings. The van der Waals surface area contributed by atoms with E-state index in [9.17, 15) is 13.2 Å². The predicted octanol–water partition coefficient (Wildman–Crippen LogP) is 3.86. The SMILES string of the molecule is CO[C@H]1CN(C2CCN(C(=O)c3ncnc(CCc4ccc(Cl)c(Cl)c4)c3C)CC2)CC[C@H]1CS(C)(=O)=O. The number of aromatic nitrogens is 2. The highest BCUT2D eigenvalue weighted by Gasteiger charge is 2.36. The highest BCUT2D eigenvalue weighted by molar-refractivity contribution is 7.90. The van der Waals surface area contributed by atoms with Crippen molar-refractivity contribution in [3.63, 3.8) is 0 Å². The molecule has 1 aromatic carbocycles. The maximum absolute atomic E-state index is 13.4. The average Bonchev–Trinajstić information content (AvgIpc) is 2.89. The average molecular weight is 584 g/mol. The zero-order valence-corrected chi connectivity index (χ0v) is 24.5. The van der Waals surface area contributed by atoms with Crippen LogP contribution in [0.1, 0.15) is 46.6 Å². The van der Waals surface area contributed by atoms with Crippen LogP contribution in [0.2, 0.25) is 10.0 Å². The van der Waals surface area contributed by atoms with Crippen LogP contribution in [-0.4, -0.2) is 91.5 Å². The number of hydrogen-bond acceptors (Lipinski definition) is 7. The molecule has 0 saturated carbocycles. The van der Waals surface area contributed by atoms with E-state index in [2.05, 4.69) is 14.9 Å². The summed E-state index contributed by atoms with van der Waals surface area (Å²) in [6, 6.07) is 5.95. The molecule has 8 nitrogen and oxygen atoms in total. The van der Waals surface area contributed by atoms with Crippen molar-refractivity contribution in [1.82, 2.24) is 19.8 Å². The lowest BCUT2D eigenvalue weighted by Gasteiger charge is -2.44. The number of likely N-dealkylation sites (tertiary alicyclic amines) is 2. The van der Waals surface area contributed by atoms with Gasteiger partial charge in [0, 0.05) is 56.2 Å². The van der Waals surface area contributed by atoms with Crippen molar-refractivity contribution in [3.05, 3.63) is 57.1 Å². The second kappa shape index (κ2) is 12.6. The third-order valence-electron chi connectivity index (χ3n) is 7.84. The molecule has 2 aliphatic heterocycles. The number of hydrogen-bond donors (Lipinski definition) is 0. The van der Waals surface area contributed by atoms with E-state index in [4.69, 9.17) is 27.9 Å². The van der Waals surface area contributed by atoms with Gasteiger partial charge >= 0.3 is 0 Å². The highest BCUT2D eigenvalue weighted by Crippen LogP contribution is 2.28. The summed E-state index contributed by atoms with van der Waals surface area (Å²) in [5.41, 5.74) is 3.19. The molecule has 2 saturated heterocycles. The smallest absolute Gasteiger partial charge is 0.272 e. The molecule has 2 fully saturated rings. The van der Waals surface area contributed by atoms with Gasteiger partial charge in [-0.2, -0.15) is 0 Å². The van der Waals surface area contributed by atoms with E-state index >= 15 is 0 Å². The summed E-state index contributed by atoms with van der Waals surface area (Å²) in [7, 11) is -1.38. The molecule has 1 aromatic heterocycles. The number of sulfone groups is 1. The lowest BCUT2D eigenvalue weighted by Crippen LogP contribution is -2.53. The van der Waals surface area contributed by atoms with Gasteiger partial charge in [-0.15, -0.1) is 0 Å². The van der Waals surface area contributed by atoms with E-state index in [1.165, 1.54) is 12.6 Å². The standard InChI is InChI=1S/C27H36Cl2N4O4S/c1-18-24(7-5-19-4-6-22(28)23(29)14-19)30-17-31-26(18)27(34)32-12-9-21(10-13-32)33-11-8-20(16-38(3,35)36)25(15-33)37-2/h4,6,14,17,20-21,25H,5,7-13,15-16H2,1-3H3/t20-,25-/m0/s1. The quantitative estimate of drug-likeness (QED) is 0.466. The Labute approximate surface area is 235 Å². The molecule has 0 radical (unpaired) electrons. The number of nitrogens with zero attached hydrogens (tertiary/aromatic N) is 4. The van der Waals surface area contributed by atoms with Crippen molar-refractivity contribution in [3.8, 4) is 0 Å². The molecule has 0 bridgehead atoms. The van der Waals surface area contributed by atoms with Crippen molar-refractivity contribution in [2.75, 3.05) is 45.3 Å². The summed E-state index contributed by atoms with van der Waals surface area (Å²) in [5.74, 6) is 0.139. The Hall–Kier alpha value is -1.78. The minimum absolute atomic E-state index is 0.0273. The van der Waals surface area contributed by atoms with Gasteiger partial charge in [0.05, 0.1) is 21.9 Å². The molecule has 2 atom stereocenters. The lowest BCUT2D eigenvalue weighted by molar-refractivity contribution is -0.0265. The fourth-order valence-corrected chi connectivity index (χ4v) is 7.14. The largest absolute Gasteiger partial charge is 0.380 e. The lowest BCUT2D eigenvalue weighted by atomic mass is 9.92. The van der Waals surface area contributed by atoms with Gasteiger partial charge < -0.3 is 9.64 Å². The second-order valence-electron chi connectivity index (χ2n) is 10.5. The van der Waals surface area contributed by atoms with Crippen molar-refractivity contribution in [2.45, 2.75) is 51.2 Å². The van der Waals surface area contributed by atoms with Gasteiger partial charge in [-0.25, -0.2) is 18.4 Å². The first kappa shape index (κ1) is 29.2. The Balaban J connectivity index is 1.33. The summed E-state index contributed by atoms with van der Waals surface area (Å²) >= 11 is 12.2. The number of carbonyl (C=O) groups is 1. The molecule has 11 heteroatoms. The molecule has 0 spiro atoms. The second-order valence-corrected chi connectivity index (χ2v) is 13.5. The first-order chi connectivity index (χ1) is 18.1. The molecular weight excluding hydrogens is 547 g/mol. The Bertz CT molecular complexity index is 1250. The molecule has 208 valence electrons. The molecule has 1 amide bonds. The zero-order chi connectivity index (χ0) is 27.4. The van der Waals surface area contributed by atoms with Gasteiger partial charge in [-0.1, -0.05) is 29.3 Å². The number of halogens is 2. The fraction of sp³-hybridized carbons (Fsp3) is 0.593. The van der Waals surface area contributed by atoms with Gasteiger partial charge in [0.2, 0.25) is 0 Å². The molecule has 4 rings (SSSR count). The van der Waals surface area contributed by atoms with Crippen LogP contribution in [0.25, 0.3) is 0 Å². The molecule has 3 heterocycles. The first-order valence-electron chi connectivity index (χ1n) is 13.0. The molecular formula is C27H36Cl2N4O4S. The van der Waals surface area contributed by atoms with E-state index in [0.717, 1.165) is 55.6 Å². The Morgan fingerprint density at radius 1 is 1.08 bits per heavy atom. The molecule has 0 unspecified atom stereocenters. The maximum Gasteiger partial charge on any atom is 0.272 e. The minimum Gasteiger partial charge on any atom is -0.380 e. The van der Waals surface area contributed by atoms with Crippen LogP contribution in [0.15, 0.2) is 24.5 Å². The summed E-state index contributed by atoms with van der Waals surface area (Å²) in [4.78, 5) is 26.5. The van der Waals surface area contributed by atoms with E-state index in [-0.39, 0.29) is 23.7 Å². The van der Waals surface area contributed by atoms with Gasteiger partial charge in [0.15, 0.2) is 0 Å². The van der Waals surface area contributed by atoms with Crippen LogP contribution >= 0.6 is 23.2 Å². The number of rotatable bonds is 8. The Morgan fingerprint density at radius 2 is 1.82 bits per heavy atom. The van der Waals surface area contributed by atoms with E-state index in [0.29, 0.717) is 41.3 Å². The van der Waals surface area contributed by atoms with Crippen LogP contribution in [0.3, 0.4) is 0 Å². The highest BCUT2D eigenvalue weighted by atomic mass is 35.5. The van der Waals surface area contributed by atoms with Crippen molar-refractivity contribution >= 4 is 38.9 Å². The minimum atomic E-state index is -3.04. The summed E-state index contributed by atoms with van der Waals surface area (Å²) < 4.78 is 29.3. The molecule has 0 N–H and O–H groups in total. The van der Waals surface area contributed by atoms with Gasteiger partial charge in [0.1, 0.15) is 21.9 Å². The van der Waals surface area contributed by atoms with Crippen LogP contribution in [-0.2, 0) is 27.4 Å². The van der Waals surface area contributed by atoms with E-state index < -0.39 is 9.84 Å². The number of aryl methyl sites for hydroxylation is 2. The Kier molecular flexibility index (Phi) is 9.68. The van der Waals surface area contributed by atoms with Gasteiger partial charge in [-0.3, -0.25) is 9.69 Å². The van der Waals surface area contributed by atoms with Crippen LogP contribution < -0.4 is 0 Å². The predicted molar refractivity (Wildman–Crippen MR) is 150 cm³/mol. The fourth-order valence-electron chi connectivity index (χ4n) is 5.66. The van der Waals surface area contributed by atoms with Crippen molar-refractivity contribution < 1.29 is 17.9 Å². The van der Waals surface area contributed by atoms with E-state index in [1.807, 2.05) is 24.0 Å². The zero-order valence-electron chi connectivity index (χ0n) is 22.2. The number of methoxy groups -OCH3 is 1. The van der Waals surface area contributed by atoms with Crippen LogP contribution in [0.4, 0.5) is 0 Å². The van der Waals surface area contributed by atoms with Gasteiger partial charge in [0.25, 0.3) is 5.91 Å². The van der Waals surface area contributed by atoms with Crippen molar-refractivity contribution in [2.24, 2.45) is 5.92 Å². The molecule has 38 heavy (non-hydrogen) atoms. The van der Waals surface area contributed by atoms with Crippen LogP contribution in [0, 0.1) is 12.8 Å². The summed E-state index contributed by atoms with van der Waals surface area (Å²) in [5, 5.41) is 1.05. The topological polar surface area (TPSA) is 92.7 Å². The monoisotopic (exact) mass is 582 g/mol. The van der Waals surface area contributed by atoms with Crippen molar-refractivity contribution in [1.29, 1.82) is 0 Å². The number of carbonyl (C=O) groups excluding carboxylic acids is 1.